The molecule has 0 saturated heterocycles. The van der Waals surface area contributed by atoms with Crippen LogP contribution in [-0.2, 0) is 17.1 Å². The smallest absolute Gasteiger partial charge is 0.115 e. The maximum atomic E-state index is 9.58. The molecule has 2 nitrogen and oxygen atoms in total. The zero-order valence-electron chi connectivity index (χ0n) is 16.3. The number of phenolic OH excluding ortho intramolecular Hbond substituents is 2. The molecule has 0 atom stereocenters. The number of rotatable bonds is 4. The summed E-state index contributed by atoms with van der Waals surface area (Å²) in [6.07, 6.45) is 0.890. The molecular formula is C26H24FeO2-6. The maximum absolute atomic E-state index is 9.58. The van der Waals surface area contributed by atoms with E-state index in [-0.39, 0.29) is 28.6 Å². The summed E-state index contributed by atoms with van der Waals surface area (Å²) in [5, 5.41) is 19.2. The summed E-state index contributed by atoms with van der Waals surface area (Å²) in [6.45, 7) is 2.14. The monoisotopic (exact) mass is 424 g/mol. The second kappa shape index (κ2) is 11.1. The predicted molar refractivity (Wildman–Crippen MR) is 116 cm³/mol. The molecule has 0 aromatic heterocycles. The van der Waals surface area contributed by atoms with Crippen molar-refractivity contribution in [2.24, 2.45) is 0 Å². The quantitative estimate of drug-likeness (QED) is 0.287. The molecule has 154 valence electrons. The zero-order chi connectivity index (χ0) is 19.8. The molecule has 3 heteroatoms. The van der Waals surface area contributed by atoms with Crippen LogP contribution in [0.15, 0.2) is 103 Å². The first-order chi connectivity index (χ1) is 13.7. The molecule has 0 aliphatic rings. The predicted octanol–water partition coefficient (Wildman–Crippen LogP) is 6.59. The summed E-state index contributed by atoms with van der Waals surface area (Å²) >= 11 is 0. The minimum Gasteiger partial charge on any atom is -0.748 e. The van der Waals surface area contributed by atoms with E-state index >= 15 is 0 Å². The average molecular weight is 424 g/mol. The van der Waals surface area contributed by atoms with Crippen molar-refractivity contribution >= 4 is 11.1 Å². The van der Waals surface area contributed by atoms with Gasteiger partial charge in [-0.05, 0) is 30.7 Å². The number of hydrogen-bond acceptors (Lipinski definition) is 2. The second-order valence-electron chi connectivity index (χ2n) is 6.44. The Labute approximate surface area is 183 Å². The molecule has 2 N–H and O–H groups in total. The van der Waals surface area contributed by atoms with Gasteiger partial charge < -0.3 is 40.5 Å². The van der Waals surface area contributed by atoms with Gasteiger partial charge in [-0.25, -0.2) is 0 Å². The summed E-state index contributed by atoms with van der Waals surface area (Å²) < 4.78 is 0. The van der Waals surface area contributed by atoms with Gasteiger partial charge in [-0.1, -0.05) is 47.9 Å². The third-order valence-electron chi connectivity index (χ3n) is 4.53. The Morgan fingerprint density at radius 3 is 1.45 bits per heavy atom. The van der Waals surface area contributed by atoms with Crippen LogP contribution in [0.4, 0.5) is 0 Å². The Morgan fingerprint density at radius 2 is 1.10 bits per heavy atom. The third kappa shape index (κ3) is 5.99. The fourth-order valence-electron chi connectivity index (χ4n) is 3.19. The van der Waals surface area contributed by atoms with E-state index in [1.807, 2.05) is 66.7 Å². The summed E-state index contributed by atoms with van der Waals surface area (Å²) in [7, 11) is 0. The molecule has 0 aliphatic carbocycles. The Kier molecular flexibility index (Phi) is 8.54. The van der Waals surface area contributed by atoms with Crippen molar-refractivity contribution in [2.75, 3.05) is 0 Å². The first-order valence-electron chi connectivity index (χ1n) is 9.39. The molecule has 4 aromatic carbocycles. The molecule has 4 aromatic rings. The van der Waals surface area contributed by atoms with E-state index in [4.69, 9.17) is 0 Å². The van der Waals surface area contributed by atoms with Crippen molar-refractivity contribution in [3.8, 4) is 11.5 Å². The van der Waals surface area contributed by atoms with E-state index in [0.29, 0.717) is 0 Å². The van der Waals surface area contributed by atoms with Crippen molar-refractivity contribution < 1.29 is 27.3 Å². The van der Waals surface area contributed by atoms with Crippen LogP contribution in [0.5, 0.6) is 11.5 Å². The van der Waals surface area contributed by atoms with Gasteiger partial charge >= 0.3 is 0 Å². The largest absolute Gasteiger partial charge is 0.748 e. The molecule has 0 unspecified atom stereocenters. The standard InChI is InChI=1S/C21H19O2.C5H5.Fe/c1-2-20(15-5-3-4-6-15)21(16-7-11-18(22)12-8-16)17-9-13-19(23)14-10-17;1-2-4-5-3-1;/h3-14,22-23H,2H2,1H3;1-5H;/q-1;-5;. The van der Waals surface area contributed by atoms with Crippen LogP contribution in [0, 0.1) is 0 Å². The van der Waals surface area contributed by atoms with E-state index < -0.39 is 0 Å². The molecule has 0 bridgehead atoms. The molecule has 0 amide bonds. The number of allylic oxidation sites excluding steroid dienone is 1. The van der Waals surface area contributed by atoms with Gasteiger partial charge in [0.25, 0.3) is 0 Å². The maximum Gasteiger partial charge on any atom is 0.115 e. The van der Waals surface area contributed by atoms with Crippen LogP contribution in [0.3, 0.4) is 0 Å². The summed E-state index contributed by atoms with van der Waals surface area (Å²) in [4.78, 5) is 0. The molecule has 0 radical (unpaired) electrons. The fraction of sp³-hybridized carbons (Fsp3) is 0.0769. The van der Waals surface area contributed by atoms with Gasteiger partial charge in [0.15, 0.2) is 0 Å². The molecule has 0 heterocycles. The molecule has 0 saturated carbocycles. The molecular weight excluding hydrogens is 400 g/mol. The van der Waals surface area contributed by atoms with E-state index in [9.17, 15) is 10.2 Å². The van der Waals surface area contributed by atoms with Crippen LogP contribution in [0.25, 0.3) is 11.1 Å². The van der Waals surface area contributed by atoms with Gasteiger partial charge in [0, 0.05) is 17.1 Å². The number of benzene rings is 2. The summed E-state index contributed by atoms with van der Waals surface area (Å²) in [5.41, 5.74) is 5.66. The van der Waals surface area contributed by atoms with Crippen LogP contribution < -0.4 is 0 Å². The van der Waals surface area contributed by atoms with Crippen molar-refractivity contribution in [1.29, 1.82) is 0 Å². The van der Waals surface area contributed by atoms with E-state index in [2.05, 4.69) is 19.1 Å². The van der Waals surface area contributed by atoms with Crippen molar-refractivity contribution in [3.05, 3.63) is 120 Å². The van der Waals surface area contributed by atoms with Crippen LogP contribution in [0.2, 0.25) is 0 Å². The van der Waals surface area contributed by atoms with E-state index in [1.165, 1.54) is 11.1 Å². The van der Waals surface area contributed by atoms with Gasteiger partial charge in [0.1, 0.15) is 11.5 Å². The normalized spacial score (nSPS) is 9.69. The third-order valence-corrected chi connectivity index (χ3v) is 4.53. The molecule has 0 fully saturated rings. The molecule has 0 aliphatic heterocycles. The van der Waals surface area contributed by atoms with Gasteiger partial charge in [-0.3, -0.25) is 0 Å². The van der Waals surface area contributed by atoms with Crippen molar-refractivity contribution in [1.82, 2.24) is 0 Å². The first kappa shape index (κ1) is 22.3. The van der Waals surface area contributed by atoms with Crippen LogP contribution in [0.1, 0.15) is 30.0 Å². The van der Waals surface area contributed by atoms with Crippen LogP contribution >= 0.6 is 0 Å². The molecule has 4 rings (SSSR count). The number of aromatic hydroxyl groups is 2. The Bertz CT molecular complexity index is 913. The van der Waals surface area contributed by atoms with Gasteiger partial charge in [-0.2, -0.15) is 12.1 Å². The average Bonchev–Trinajstić information content (AvgIpc) is 3.45. The second-order valence-corrected chi connectivity index (χ2v) is 6.44. The Morgan fingerprint density at radius 1 is 0.724 bits per heavy atom. The van der Waals surface area contributed by atoms with E-state index in [0.717, 1.165) is 23.1 Å². The Hall–Kier alpha value is -3.00. The topological polar surface area (TPSA) is 40.5 Å². The molecule has 0 spiro atoms. The van der Waals surface area contributed by atoms with Crippen molar-refractivity contribution in [2.45, 2.75) is 13.3 Å². The number of hydrogen-bond donors (Lipinski definition) is 2. The van der Waals surface area contributed by atoms with E-state index in [1.54, 1.807) is 24.3 Å². The van der Waals surface area contributed by atoms with Crippen molar-refractivity contribution in [3.63, 3.8) is 0 Å². The summed E-state index contributed by atoms with van der Waals surface area (Å²) in [6, 6.07) is 32.8. The van der Waals surface area contributed by atoms with Gasteiger partial charge in [0.05, 0.1) is 0 Å². The fourth-order valence-corrected chi connectivity index (χ4v) is 3.19. The minimum absolute atomic E-state index is 0. The first-order valence-corrected chi connectivity index (χ1v) is 9.39. The summed E-state index contributed by atoms with van der Waals surface area (Å²) in [5.74, 6) is 0.510. The minimum atomic E-state index is 0. The Balaban J connectivity index is 0.000000437. The SMILES string of the molecule is CCC(=C(c1ccc(O)cc1)c1ccc(O)cc1)[c-]1cccc1.[Fe].[cH-]1[cH-][cH-][cH-][cH-]1. The molecule has 29 heavy (non-hydrogen) atoms. The van der Waals surface area contributed by atoms with Gasteiger partial charge in [-0.15, -0.1) is 23.3 Å². The zero-order valence-corrected chi connectivity index (χ0v) is 17.4. The van der Waals surface area contributed by atoms with Gasteiger partial charge in [0.2, 0.25) is 0 Å². The number of phenols is 2. The van der Waals surface area contributed by atoms with Crippen LogP contribution in [-0.4, -0.2) is 10.2 Å².